The van der Waals surface area contributed by atoms with Crippen LogP contribution in [0.2, 0.25) is 0 Å². The third-order valence-corrected chi connectivity index (χ3v) is 12.8. The Morgan fingerprint density at radius 1 is 0.483 bits per heavy atom. The summed E-state index contributed by atoms with van der Waals surface area (Å²) in [5.74, 6) is 1.46. The molecule has 1 aliphatic rings. The van der Waals surface area contributed by atoms with Crippen molar-refractivity contribution in [1.29, 1.82) is 0 Å². The number of hydrogen-bond acceptors (Lipinski definition) is 5. The van der Waals surface area contributed by atoms with Crippen LogP contribution in [0.5, 0.6) is 0 Å². The van der Waals surface area contributed by atoms with Crippen LogP contribution in [-0.4, -0.2) is 11.7 Å². The molecule has 12 rings (SSSR count). The van der Waals surface area contributed by atoms with Gasteiger partial charge >= 0.3 is 0 Å². The summed E-state index contributed by atoms with van der Waals surface area (Å²) in [6, 6.07) is 66.8. The van der Waals surface area contributed by atoms with Crippen molar-refractivity contribution in [2.75, 3.05) is 0 Å². The van der Waals surface area contributed by atoms with Gasteiger partial charge in [-0.25, -0.2) is 9.98 Å². The van der Waals surface area contributed by atoms with Crippen LogP contribution in [0.15, 0.2) is 202 Å². The average molecular weight is 760 g/mol. The van der Waals surface area contributed by atoms with E-state index in [1.165, 1.54) is 41.9 Å². The van der Waals surface area contributed by atoms with Gasteiger partial charge in [-0.15, -0.1) is 11.3 Å². The second kappa shape index (κ2) is 13.1. The molecule has 9 aromatic carbocycles. The molecule has 1 aliphatic heterocycles. The second-order valence-corrected chi connectivity index (χ2v) is 16.0. The highest BCUT2D eigenvalue weighted by atomic mass is 32.1. The van der Waals surface area contributed by atoms with Gasteiger partial charge in [0.2, 0.25) is 0 Å². The van der Waals surface area contributed by atoms with E-state index in [4.69, 9.17) is 14.4 Å². The van der Waals surface area contributed by atoms with E-state index in [2.05, 4.69) is 181 Å². The molecule has 58 heavy (non-hydrogen) atoms. The molecule has 0 aliphatic carbocycles. The lowest BCUT2D eigenvalue weighted by atomic mass is 9.95. The van der Waals surface area contributed by atoms with Gasteiger partial charge in [0.25, 0.3) is 0 Å². The number of fused-ring (bicyclic) bond motifs is 9. The largest absolute Gasteiger partial charge is 0.455 e. The van der Waals surface area contributed by atoms with Crippen molar-refractivity contribution >= 4 is 86.7 Å². The van der Waals surface area contributed by atoms with Gasteiger partial charge in [0.05, 0.1) is 0 Å². The number of nitrogens with zero attached hydrogens (tertiary/aromatic N) is 2. The summed E-state index contributed by atoms with van der Waals surface area (Å²) in [5.41, 5.74) is 9.20. The molecule has 0 saturated carbocycles. The van der Waals surface area contributed by atoms with E-state index in [0.717, 1.165) is 66.5 Å². The Balaban J connectivity index is 1.02. The standard InChI is InChI=1S/C53H33N3OS/c1-2-10-32(11-3-1)34-18-21-36(22-19-34)51-54-52(39-23-20-33-12-4-5-14-37(33)30-39)56-53(55-51)44-28-27-40(49-48(44)43-16-8-9-17-46(43)57-49)38-25-29-47-45(31-38)42-26-24-35-13-6-7-15-41(35)50(42)58-47/h1-31,53H,(H,54,55,56). The molecule has 0 saturated heterocycles. The number of nitrogens with one attached hydrogen (secondary N) is 1. The molecule has 3 heterocycles. The quantitative estimate of drug-likeness (QED) is 0.190. The lowest BCUT2D eigenvalue weighted by molar-refractivity contribution is 0.663. The van der Waals surface area contributed by atoms with Gasteiger partial charge in [0.1, 0.15) is 23.2 Å². The maximum atomic E-state index is 6.83. The number of amidine groups is 2. The third kappa shape index (κ3) is 5.36. The minimum atomic E-state index is -0.433. The van der Waals surface area contributed by atoms with Gasteiger partial charge in [-0.05, 0) is 62.5 Å². The highest BCUT2D eigenvalue weighted by molar-refractivity contribution is 7.26. The van der Waals surface area contributed by atoms with Crippen molar-refractivity contribution < 1.29 is 4.42 Å². The fraction of sp³-hybridized carbons (Fsp3) is 0.0189. The molecule has 1 unspecified atom stereocenters. The molecular formula is C53H33N3OS. The van der Waals surface area contributed by atoms with E-state index in [1.54, 1.807) is 0 Å². The molecule has 2 aromatic heterocycles. The summed E-state index contributed by atoms with van der Waals surface area (Å²) in [4.78, 5) is 10.6. The lowest BCUT2D eigenvalue weighted by Gasteiger charge is -2.25. The maximum Gasteiger partial charge on any atom is 0.159 e. The van der Waals surface area contributed by atoms with Crippen LogP contribution < -0.4 is 5.32 Å². The van der Waals surface area contributed by atoms with Crippen LogP contribution in [0.25, 0.3) is 85.9 Å². The normalized spacial score (nSPS) is 14.4. The minimum absolute atomic E-state index is 0.433. The molecule has 0 radical (unpaired) electrons. The molecule has 0 amide bonds. The van der Waals surface area contributed by atoms with Gasteiger partial charge in [-0.1, -0.05) is 164 Å². The van der Waals surface area contributed by atoms with Gasteiger partial charge in [-0.2, -0.15) is 0 Å². The zero-order valence-electron chi connectivity index (χ0n) is 31.2. The SMILES string of the molecule is c1ccc(-c2ccc(C3=NC(c4ccc5ccccc5c4)=NC(c4ccc(-c5ccc6sc7c8ccccc8ccc7c6c5)c5oc6ccccc6c45)N3)cc2)cc1. The smallest absolute Gasteiger partial charge is 0.159 e. The Hall–Kier alpha value is -7.34. The van der Waals surface area contributed by atoms with Gasteiger partial charge < -0.3 is 9.73 Å². The van der Waals surface area contributed by atoms with Gasteiger partial charge in [0.15, 0.2) is 5.84 Å². The summed E-state index contributed by atoms with van der Waals surface area (Å²) in [6.45, 7) is 0. The van der Waals surface area contributed by atoms with Crippen molar-refractivity contribution in [3.05, 3.63) is 205 Å². The Morgan fingerprint density at radius 3 is 2.05 bits per heavy atom. The third-order valence-electron chi connectivity index (χ3n) is 11.5. The van der Waals surface area contributed by atoms with Crippen LogP contribution in [0.3, 0.4) is 0 Å². The minimum Gasteiger partial charge on any atom is -0.455 e. The number of thiophene rings is 1. The first-order valence-corrected chi connectivity index (χ1v) is 20.4. The van der Waals surface area contributed by atoms with Crippen LogP contribution >= 0.6 is 11.3 Å². The van der Waals surface area contributed by atoms with Crippen molar-refractivity contribution in [2.24, 2.45) is 9.98 Å². The summed E-state index contributed by atoms with van der Waals surface area (Å²) in [7, 11) is 0. The Kier molecular flexibility index (Phi) is 7.43. The van der Waals surface area contributed by atoms with Crippen LogP contribution in [0.1, 0.15) is 22.9 Å². The van der Waals surface area contributed by atoms with Crippen molar-refractivity contribution in [1.82, 2.24) is 5.32 Å². The number of rotatable bonds is 5. The fourth-order valence-electron chi connectivity index (χ4n) is 8.65. The van der Waals surface area contributed by atoms with E-state index < -0.39 is 6.17 Å². The molecule has 1 N–H and O–H groups in total. The van der Waals surface area contributed by atoms with Crippen LogP contribution in [0, 0.1) is 0 Å². The monoisotopic (exact) mass is 759 g/mol. The predicted molar refractivity (Wildman–Crippen MR) is 244 cm³/mol. The number of benzene rings is 9. The molecule has 5 heteroatoms. The van der Waals surface area contributed by atoms with E-state index in [1.807, 2.05) is 23.5 Å². The molecule has 272 valence electrons. The summed E-state index contributed by atoms with van der Waals surface area (Å²) in [6.07, 6.45) is -0.433. The number of furan rings is 1. The van der Waals surface area contributed by atoms with Crippen LogP contribution in [0.4, 0.5) is 0 Å². The topological polar surface area (TPSA) is 49.9 Å². The lowest BCUT2D eigenvalue weighted by Crippen LogP contribution is -2.33. The molecule has 11 aromatic rings. The van der Waals surface area contributed by atoms with Crippen molar-refractivity contribution in [2.45, 2.75) is 6.17 Å². The first-order valence-electron chi connectivity index (χ1n) is 19.6. The number of para-hydroxylation sites is 1. The molecule has 0 bridgehead atoms. The maximum absolute atomic E-state index is 6.83. The molecule has 0 fully saturated rings. The van der Waals surface area contributed by atoms with Gasteiger partial charge in [0, 0.05) is 53.2 Å². The second-order valence-electron chi connectivity index (χ2n) is 14.9. The molecule has 0 spiro atoms. The zero-order valence-corrected chi connectivity index (χ0v) is 32.0. The number of hydrogen-bond donors (Lipinski definition) is 1. The van der Waals surface area contributed by atoms with E-state index in [-0.39, 0.29) is 0 Å². The van der Waals surface area contributed by atoms with Crippen molar-refractivity contribution in [3.63, 3.8) is 0 Å². The molecule has 1 atom stereocenters. The molecule has 4 nitrogen and oxygen atoms in total. The highest BCUT2D eigenvalue weighted by Gasteiger charge is 2.26. The Bertz CT molecular complexity index is 3490. The molecular weight excluding hydrogens is 727 g/mol. The first-order chi connectivity index (χ1) is 28.7. The Morgan fingerprint density at radius 2 is 1.17 bits per heavy atom. The zero-order chi connectivity index (χ0) is 38.2. The first kappa shape index (κ1) is 32.9. The van der Waals surface area contributed by atoms with Crippen LogP contribution in [-0.2, 0) is 0 Å². The highest BCUT2D eigenvalue weighted by Crippen LogP contribution is 2.44. The Labute approximate surface area is 338 Å². The fourth-order valence-corrected chi connectivity index (χ4v) is 9.86. The predicted octanol–water partition coefficient (Wildman–Crippen LogP) is 14.1. The van der Waals surface area contributed by atoms with E-state index in [0.29, 0.717) is 5.84 Å². The summed E-state index contributed by atoms with van der Waals surface area (Å²) >= 11 is 1.86. The van der Waals surface area contributed by atoms with E-state index >= 15 is 0 Å². The van der Waals surface area contributed by atoms with Crippen molar-refractivity contribution in [3.8, 4) is 22.3 Å². The summed E-state index contributed by atoms with van der Waals surface area (Å²) < 4.78 is 9.43. The van der Waals surface area contributed by atoms with E-state index in [9.17, 15) is 0 Å². The number of aliphatic imine (C=N–C) groups is 2. The van der Waals surface area contributed by atoms with Gasteiger partial charge in [-0.3, -0.25) is 0 Å². The average Bonchev–Trinajstić information content (AvgIpc) is 3.88. The summed E-state index contributed by atoms with van der Waals surface area (Å²) in [5, 5.41) is 13.3.